The third kappa shape index (κ3) is 3.36. The Kier molecular flexibility index (Phi) is 4.53. The number of nitrogens with one attached hydrogen (secondary N) is 1. The summed E-state index contributed by atoms with van der Waals surface area (Å²) in [5.74, 6) is 1.53. The van der Waals surface area contributed by atoms with Crippen LogP contribution in [0, 0.1) is 0 Å². The molecule has 0 saturated heterocycles. The summed E-state index contributed by atoms with van der Waals surface area (Å²) in [5.41, 5.74) is 1.74. The maximum Gasteiger partial charge on any atom is 0.216 e. The molecule has 1 N–H and O–H groups in total. The Hall–Kier alpha value is -1.60. The number of ether oxygens (including phenoxy) is 1. The first-order valence-corrected chi connectivity index (χ1v) is 8.32. The summed E-state index contributed by atoms with van der Waals surface area (Å²) in [6.07, 6.45) is 0.541. The largest absolute Gasteiger partial charge is 0.497 e. The molecule has 116 valence electrons. The minimum Gasteiger partial charge on any atom is -0.497 e. The topological polar surface area (TPSA) is 75.3 Å². The first-order chi connectivity index (χ1) is 9.84. The van der Waals surface area contributed by atoms with Gasteiger partial charge in [0.25, 0.3) is 0 Å². The van der Waals surface area contributed by atoms with E-state index < -0.39 is 15.3 Å². The van der Waals surface area contributed by atoms with Gasteiger partial charge in [0.2, 0.25) is 10.0 Å². The number of aromatic nitrogens is 2. The molecule has 21 heavy (non-hydrogen) atoms. The molecule has 0 unspecified atom stereocenters. The number of likely N-dealkylation sites (N-methyl/N-ethyl adjacent to an activating group) is 1. The van der Waals surface area contributed by atoms with Crippen molar-refractivity contribution in [2.24, 2.45) is 0 Å². The van der Waals surface area contributed by atoms with Gasteiger partial charge in [0.05, 0.1) is 23.4 Å². The van der Waals surface area contributed by atoms with Crippen molar-refractivity contribution in [3.8, 4) is 5.75 Å². The van der Waals surface area contributed by atoms with Crippen molar-refractivity contribution in [2.75, 3.05) is 20.7 Å². The van der Waals surface area contributed by atoms with Crippen molar-refractivity contribution >= 4 is 21.1 Å². The zero-order valence-electron chi connectivity index (χ0n) is 12.8. The van der Waals surface area contributed by atoms with Gasteiger partial charge in [-0.2, -0.15) is 0 Å². The number of aromatic amines is 1. The predicted molar refractivity (Wildman–Crippen MR) is 83.0 cm³/mol. The highest BCUT2D eigenvalue weighted by molar-refractivity contribution is 7.89. The zero-order valence-corrected chi connectivity index (χ0v) is 13.6. The third-order valence-corrected chi connectivity index (χ3v) is 5.67. The number of H-pyrrole nitrogens is 1. The van der Waals surface area contributed by atoms with Crippen molar-refractivity contribution in [1.29, 1.82) is 0 Å². The van der Waals surface area contributed by atoms with Crippen LogP contribution in [-0.4, -0.2) is 48.6 Å². The van der Waals surface area contributed by atoms with Crippen LogP contribution in [0.5, 0.6) is 5.75 Å². The molecule has 0 saturated carbocycles. The first-order valence-electron chi connectivity index (χ1n) is 6.82. The zero-order chi connectivity index (χ0) is 15.6. The van der Waals surface area contributed by atoms with Crippen LogP contribution >= 0.6 is 0 Å². The van der Waals surface area contributed by atoms with E-state index in [1.54, 1.807) is 28.0 Å². The Labute approximate surface area is 125 Å². The number of hydrogen-bond acceptors (Lipinski definition) is 4. The molecule has 0 amide bonds. The van der Waals surface area contributed by atoms with Crippen LogP contribution in [0.1, 0.15) is 19.7 Å². The molecule has 0 radical (unpaired) electrons. The minimum absolute atomic E-state index is 0.400. The average molecular weight is 311 g/mol. The lowest BCUT2D eigenvalue weighted by atomic mass is 10.3. The molecule has 0 aliphatic carbocycles. The van der Waals surface area contributed by atoms with Crippen molar-refractivity contribution < 1.29 is 13.2 Å². The summed E-state index contributed by atoms with van der Waals surface area (Å²) in [4.78, 5) is 7.65. The van der Waals surface area contributed by atoms with Gasteiger partial charge in [0, 0.05) is 26.1 Å². The normalized spacial score (nSPS) is 12.5. The maximum atomic E-state index is 12.0. The van der Waals surface area contributed by atoms with Crippen LogP contribution in [0.25, 0.3) is 11.0 Å². The lowest BCUT2D eigenvalue weighted by Gasteiger charge is -2.18. The Bertz CT molecular complexity index is 722. The van der Waals surface area contributed by atoms with E-state index >= 15 is 0 Å². The van der Waals surface area contributed by atoms with E-state index in [-0.39, 0.29) is 0 Å². The number of imidazole rings is 1. The quantitative estimate of drug-likeness (QED) is 0.882. The number of benzene rings is 1. The average Bonchev–Trinajstić information content (AvgIpc) is 2.85. The van der Waals surface area contributed by atoms with E-state index in [2.05, 4.69) is 9.97 Å². The molecule has 0 aliphatic rings. The van der Waals surface area contributed by atoms with Gasteiger partial charge in [0.15, 0.2) is 0 Å². The van der Waals surface area contributed by atoms with E-state index in [0.29, 0.717) is 13.0 Å². The third-order valence-electron chi connectivity index (χ3n) is 3.43. The minimum atomic E-state index is -3.22. The van der Waals surface area contributed by atoms with Crippen LogP contribution in [-0.2, 0) is 16.4 Å². The summed E-state index contributed by atoms with van der Waals surface area (Å²) in [6, 6.07) is 5.60. The van der Waals surface area contributed by atoms with E-state index in [4.69, 9.17) is 4.74 Å². The molecular weight excluding hydrogens is 290 g/mol. The number of fused-ring (bicyclic) bond motifs is 1. The van der Waals surface area contributed by atoms with Gasteiger partial charge in [-0.3, -0.25) is 0 Å². The Morgan fingerprint density at radius 2 is 2.10 bits per heavy atom. The molecule has 6 nitrogen and oxygen atoms in total. The van der Waals surface area contributed by atoms with Crippen molar-refractivity contribution in [3.63, 3.8) is 0 Å². The summed E-state index contributed by atoms with van der Waals surface area (Å²) in [7, 11) is -0.00263. The van der Waals surface area contributed by atoms with Crippen molar-refractivity contribution in [3.05, 3.63) is 24.0 Å². The van der Waals surface area contributed by atoms with Gasteiger partial charge in [-0.15, -0.1) is 0 Å². The lowest BCUT2D eigenvalue weighted by molar-refractivity contribution is 0.415. The Morgan fingerprint density at radius 1 is 1.38 bits per heavy atom. The Morgan fingerprint density at radius 3 is 2.71 bits per heavy atom. The van der Waals surface area contributed by atoms with Gasteiger partial charge in [0.1, 0.15) is 11.6 Å². The van der Waals surface area contributed by atoms with E-state index in [1.165, 1.54) is 4.31 Å². The van der Waals surface area contributed by atoms with Crippen molar-refractivity contribution in [1.82, 2.24) is 14.3 Å². The van der Waals surface area contributed by atoms with E-state index in [1.807, 2.05) is 18.2 Å². The molecule has 0 bridgehead atoms. The standard InChI is InChI=1S/C14H21N3O3S/c1-10(2)21(18,19)17(3)8-7-14-15-12-6-5-11(20-4)9-13(12)16-14/h5-6,9-10H,7-8H2,1-4H3,(H,15,16). The molecule has 0 aliphatic heterocycles. The molecule has 7 heteroatoms. The SMILES string of the molecule is COc1ccc2nc(CCN(C)S(=O)(=O)C(C)C)[nH]c2c1. The Balaban J connectivity index is 2.10. The molecule has 0 spiro atoms. The predicted octanol–water partition coefficient (Wildman–Crippen LogP) is 1.78. The number of rotatable bonds is 6. The number of hydrogen-bond donors (Lipinski definition) is 1. The fourth-order valence-corrected chi connectivity index (χ4v) is 3.10. The van der Waals surface area contributed by atoms with E-state index in [0.717, 1.165) is 22.6 Å². The lowest BCUT2D eigenvalue weighted by Crippen LogP contribution is -2.34. The number of sulfonamides is 1. The van der Waals surface area contributed by atoms with Crippen LogP contribution in [0.4, 0.5) is 0 Å². The fraction of sp³-hybridized carbons (Fsp3) is 0.500. The second kappa shape index (κ2) is 6.03. The summed E-state index contributed by atoms with van der Waals surface area (Å²) >= 11 is 0. The second-order valence-corrected chi connectivity index (χ2v) is 7.83. The molecule has 2 rings (SSSR count). The van der Waals surface area contributed by atoms with Crippen LogP contribution in [0.2, 0.25) is 0 Å². The van der Waals surface area contributed by atoms with Crippen LogP contribution in [0.15, 0.2) is 18.2 Å². The highest BCUT2D eigenvalue weighted by Crippen LogP contribution is 2.19. The van der Waals surface area contributed by atoms with Crippen LogP contribution in [0.3, 0.4) is 0 Å². The molecule has 0 atom stereocenters. The number of nitrogens with zero attached hydrogens (tertiary/aromatic N) is 2. The molecule has 1 heterocycles. The molecule has 0 fully saturated rings. The maximum absolute atomic E-state index is 12.0. The van der Waals surface area contributed by atoms with Gasteiger partial charge in [-0.25, -0.2) is 17.7 Å². The van der Waals surface area contributed by atoms with Gasteiger partial charge < -0.3 is 9.72 Å². The molecule has 1 aromatic heterocycles. The van der Waals surface area contributed by atoms with Gasteiger partial charge in [-0.05, 0) is 26.0 Å². The first kappa shape index (κ1) is 15.8. The summed E-state index contributed by atoms with van der Waals surface area (Å²) < 4.78 is 30.5. The summed E-state index contributed by atoms with van der Waals surface area (Å²) in [6.45, 7) is 3.76. The monoisotopic (exact) mass is 311 g/mol. The van der Waals surface area contributed by atoms with Crippen LogP contribution < -0.4 is 4.74 Å². The highest BCUT2D eigenvalue weighted by atomic mass is 32.2. The van der Waals surface area contributed by atoms with Crippen molar-refractivity contribution in [2.45, 2.75) is 25.5 Å². The molecule has 1 aromatic carbocycles. The molecule has 2 aromatic rings. The number of methoxy groups -OCH3 is 1. The van der Waals surface area contributed by atoms with E-state index in [9.17, 15) is 8.42 Å². The molecular formula is C14H21N3O3S. The summed E-state index contributed by atoms with van der Waals surface area (Å²) in [5, 5.41) is -0.414. The highest BCUT2D eigenvalue weighted by Gasteiger charge is 2.21. The smallest absolute Gasteiger partial charge is 0.216 e. The second-order valence-electron chi connectivity index (χ2n) is 5.23. The van der Waals surface area contributed by atoms with Gasteiger partial charge >= 0.3 is 0 Å². The van der Waals surface area contributed by atoms with Gasteiger partial charge in [-0.1, -0.05) is 0 Å². The fourth-order valence-electron chi connectivity index (χ4n) is 2.04.